The van der Waals surface area contributed by atoms with Crippen molar-refractivity contribution in [1.29, 1.82) is 0 Å². The van der Waals surface area contributed by atoms with Gasteiger partial charge in [0.2, 0.25) is 0 Å². The van der Waals surface area contributed by atoms with E-state index in [0.29, 0.717) is 21.3 Å². The number of halogens is 1. The van der Waals surface area contributed by atoms with Gasteiger partial charge in [0, 0.05) is 29.5 Å². The van der Waals surface area contributed by atoms with Crippen LogP contribution in [-0.2, 0) is 11.8 Å². The number of carbonyl (C=O) groups is 3. The Kier molecular flexibility index (Phi) is 3.25. The van der Waals surface area contributed by atoms with Crippen molar-refractivity contribution in [2.45, 2.75) is 0 Å². The molecule has 1 aliphatic rings. The van der Waals surface area contributed by atoms with E-state index in [1.54, 1.807) is 41.2 Å². The number of hydrogen-bond donors (Lipinski definition) is 0. The minimum absolute atomic E-state index is 0.149. The molecule has 0 saturated heterocycles. The highest BCUT2D eigenvalue weighted by molar-refractivity contribution is 9.10. The second-order valence-electron chi connectivity index (χ2n) is 4.85. The maximum Gasteiger partial charge on any atom is 0.299 e. The number of aryl methyl sites for hydroxylation is 1. The normalized spacial score (nSPS) is 13.7. The molecule has 0 aliphatic carbocycles. The average Bonchev–Trinajstić information content (AvgIpc) is 2.98. The van der Waals surface area contributed by atoms with Crippen molar-refractivity contribution in [2.75, 3.05) is 11.4 Å². The van der Waals surface area contributed by atoms with Gasteiger partial charge in [-0.3, -0.25) is 19.3 Å². The fraction of sp³-hybridized carbons (Fsp3) is 0.133. The Morgan fingerprint density at radius 2 is 2.00 bits per heavy atom. The monoisotopic (exact) mass is 346 g/mol. The van der Waals surface area contributed by atoms with E-state index in [4.69, 9.17) is 0 Å². The van der Waals surface area contributed by atoms with Gasteiger partial charge < -0.3 is 4.57 Å². The molecular formula is C15H11BrN2O3. The molecule has 6 heteroatoms. The highest BCUT2D eigenvalue weighted by atomic mass is 79.9. The molecule has 0 spiro atoms. The molecule has 3 rings (SSSR count). The molecule has 1 amide bonds. The van der Waals surface area contributed by atoms with Gasteiger partial charge in [0.1, 0.15) is 0 Å². The molecule has 2 heterocycles. The van der Waals surface area contributed by atoms with Crippen molar-refractivity contribution in [3.63, 3.8) is 0 Å². The number of anilines is 1. The first-order valence-electron chi connectivity index (χ1n) is 6.29. The van der Waals surface area contributed by atoms with Gasteiger partial charge in [-0.15, -0.1) is 0 Å². The van der Waals surface area contributed by atoms with Gasteiger partial charge in [-0.1, -0.05) is 6.07 Å². The van der Waals surface area contributed by atoms with E-state index < -0.39 is 11.7 Å². The molecule has 0 bridgehead atoms. The summed E-state index contributed by atoms with van der Waals surface area (Å²) in [5.41, 5.74) is 1.31. The summed E-state index contributed by atoms with van der Waals surface area (Å²) in [6.45, 7) is -0.149. The number of aromatic nitrogens is 1. The van der Waals surface area contributed by atoms with Crippen molar-refractivity contribution < 1.29 is 14.4 Å². The number of hydrogen-bond acceptors (Lipinski definition) is 3. The predicted molar refractivity (Wildman–Crippen MR) is 80.6 cm³/mol. The summed E-state index contributed by atoms with van der Waals surface area (Å²) >= 11 is 3.33. The molecule has 5 nitrogen and oxygen atoms in total. The quantitative estimate of drug-likeness (QED) is 0.632. The molecule has 0 saturated carbocycles. The van der Waals surface area contributed by atoms with E-state index in [0.717, 1.165) is 0 Å². The molecule has 2 aromatic rings. The van der Waals surface area contributed by atoms with E-state index >= 15 is 0 Å². The minimum atomic E-state index is -0.666. The Labute approximate surface area is 129 Å². The van der Waals surface area contributed by atoms with Crippen LogP contribution in [0, 0.1) is 0 Å². The molecule has 0 atom stereocenters. The fourth-order valence-corrected chi connectivity index (χ4v) is 2.95. The number of para-hydroxylation sites is 1. The summed E-state index contributed by atoms with van der Waals surface area (Å²) in [6, 6.07) is 6.71. The largest absolute Gasteiger partial charge is 0.357 e. The van der Waals surface area contributed by atoms with E-state index in [2.05, 4.69) is 15.9 Å². The standard InChI is InChI=1S/C15H11BrN2O3/c1-17-6-5-9(7-17)12(19)8-18-13-10(14(20)15(18)21)3-2-4-11(13)16/h2-7H,8H2,1H3. The third-order valence-electron chi connectivity index (χ3n) is 3.40. The first-order chi connectivity index (χ1) is 9.99. The van der Waals surface area contributed by atoms with Crippen LogP contribution < -0.4 is 4.90 Å². The third kappa shape index (κ3) is 2.21. The second kappa shape index (κ2) is 4.96. The van der Waals surface area contributed by atoms with E-state index in [1.807, 2.05) is 7.05 Å². The molecule has 0 radical (unpaired) electrons. The fourth-order valence-electron chi connectivity index (χ4n) is 2.37. The summed E-state index contributed by atoms with van der Waals surface area (Å²) in [5, 5.41) is 0. The number of rotatable bonds is 3. The zero-order chi connectivity index (χ0) is 15.1. The topological polar surface area (TPSA) is 59.4 Å². The average molecular weight is 347 g/mol. The van der Waals surface area contributed by atoms with Crippen molar-refractivity contribution in [3.05, 3.63) is 52.3 Å². The van der Waals surface area contributed by atoms with Crippen molar-refractivity contribution >= 4 is 39.1 Å². The Balaban J connectivity index is 1.95. The first kappa shape index (κ1) is 13.8. The number of nitrogens with zero attached hydrogens (tertiary/aromatic N) is 2. The van der Waals surface area contributed by atoms with Gasteiger partial charge >= 0.3 is 0 Å². The van der Waals surface area contributed by atoms with Crippen molar-refractivity contribution in [3.8, 4) is 0 Å². The lowest BCUT2D eigenvalue weighted by Crippen LogP contribution is -2.34. The molecule has 1 aromatic carbocycles. The van der Waals surface area contributed by atoms with Crippen molar-refractivity contribution in [2.24, 2.45) is 7.05 Å². The molecule has 1 aromatic heterocycles. The van der Waals surface area contributed by atoms with Crippen LogP contribution in [0.25, 0.3) is 0 Å². The van der Waals surface area contributed by atoms with Crippen LogP contribution in [0.4, 0.5) is 5.69 Å². The number of carbonyl (C=O) groups excluding carboxylic acids is 3. The molecular weight excluding hydrogens is 336 g/mol. The van der Waals surface area contributed by atoms with Gasteiger partial charge in [-0.2, -0.15) is 0 Å². The second-order valence-corrected chi connectivity index (χ2v) is 5.70. The number of ketones is 2. The van der Waals surface area contributed by atoms with E-state index in [-0.39, 0.29) is 12.3 Å². The van der Waals surface area contributed by atoms with E-state index in [9.17, 15) is 14.4 Å². The van der Waals surface area contributed by atoms with Crippen molar-refractivity contribution in [1.82, 2.24) is 4.57 Å². The predicted octanol–water partition coefficient (Wildman–Crippen LogP) is 2.20. The van der Waals surface area contributed by atoms with Crippen LogP contribution in [0.1, 0.15) is 20.7 Å². The van der Waals surface area contributed by atoms with Crippen LogP contribution in [0.5, 0.6) is 0 Å². The Hall–Kier alpha value is -2.21. The van der Waals surface area contributed by atoms with Crippen LogP contribution in [0.2, 0.25) is 0 Å². The highest BCUT2D eigenvalue weighted by Gasteiger charge is 2.38. The Morgan fingerprint density at radius 3 is 2.67 bits per heavy atom. The number of benzene rings is 1. The lowest BCUT2D eigenvalue weighted by molar-refractivity contribution is -0.114. The van der Waals surface area contributed by atoms with Gasteiger partial charge in [0.25, 0.3) is 11.7 Å². The third-order valence-corrected chi connectivity index (χ3v) is 4.04. The van der Waals surface area contributed by atoms with Crippen LogP contribution in [-0.4, -0.2) is 28.6 Å². The summed E-state index contributed by atoms with van der Waals surface area (Å²) in [4.78, 5) is 37.5. The van der Waals surface area contributed by atoms with Gasteiger partial charge in [-0.05, 0) is 34.1 Å². The number of Topliss-reactive ketones (excluding diaryl/α,β-unsaturated/α-hetero) is 2. The Bertz CT molecular complexity index is 779. The Morgan fingerprint density at radius 1 is 1.24 bits per heavy atom. The molecule has 0 fully saturated rings. The first-order valence-corrected chi connectivity index (χ1v) is 7.08. The van der Waals surface area contributed by atoms with Gasteiger partial charge in [0.15, 0.2) is 5.78 Å². The molecule has 21 heavy (non-hydrogen) atoms. The van der Waals surface area contributed by atoms with Crippen LogP contribution >= 0.6 is 15.9 Å². The summed E-state index contributed by atoms with van der Waals surface area (Å²) in [6.07, 6.45) is 3.44. The van der Waals surface area contributed by atoms with E-state index in [1.165, 1.54) is 4.90 Å². The summed E-state index contributed by atoms with van der Waals surface area (Å²) < 4.78 is 2.38. The lowest BCUT2D eigenvalue weighted by atomic mass is 10.1. The van der Waals surface area contributed by atoms with Crippen LogP contribution in [0.15, 0.2) is 41.1 Å². The molecule has 0 unspecified atom stereocenters. The molecule has 0 N–H and O–H groups in total. The van der Waals surface area contributed by atoms with Crippen LogP contribution in [0.3, 0.4) is 0 Å². The zero-order valence-corrected chi connectivity index (χ0v) is 12.8. The number of amides is 1. The van der Waals surface area contributed by atoms with Gasteiger partial charge in [0.05, 0.1) is 17.8 Å². The van der Waals surface area contributed by atoms with Gasteiger partial charge in [-0.25, -0.2) is 0 Å². The maximum absolute atomic E-state index is 12.3. The highest BCUT2D eigenvalue weighted by Crippen LogP contribution is 2.35. The number of fused-ring (bicyclic) bond motifs is 1. The SMILES string of the molecule is Cn1ccc(C(=O)CN2C(=O)C(=O)c3cccc(Br)c32)c1. The minimum Gasteiger partial charge on any atom is -0.357 e. The lowest BCUT2D eigenvalue weighted by Gasteiger charge is -2.16. The summed E-state index contributed by atoms with van der Waals surface area (Å²) in [7, 11) is 1.81. The maximum atomic E-state index is 12.3. The molecule has 106 valence electrons. The zero-order valence-electron chi connectivity index (χ0n) is 11.2. The smallest absolute Gasteiger partial charge is 0.299 e. The molecule has 1 aliphatic heterocycles. The summed E-state index contributed by atoms with van der Waals surface area (Å²) in [5.74, 6) is -1.45.